The lowest BCUT2D eigenvalue weighted by Gasteiger charge is -2.14. The van der Waals surface area contributed by atoms with E-state index in [1.165, 1.54) is 22.3 Å². The number of rotatable bonds is 7. The van der Waals surface area contributed by atoms with Gasteiger partial charge < -0.3 is 9.84 Å². The molecule has 0 fully saturated rings. The Morgan fingerprint density at radius 1 is 0.875 bits per heavy atom. The number of carboxylic acids is 1. The van der Waals surface area contributed by atoms with Crippen molar-refractivity contribution in [2.24, 2.45) is 0 Å². The van der Waals surface area contributed by atoms with Crippen molar-refractivity contribution in [3.8, 4) is 11.1 Å². The van der Waals surface area contributed by atoms with Crippen LogP contribution in [0.4, 0.5) is 0 Å². The van der Waals surface area contributed by atoms with Crippen molar-refractivity contribution in [1.29, 1.82) is 0 Å². The van der Waals surface area contributed by atoms with Gasteiger partial charge in [-0.2, -0.15) is 0 Å². The van der Waals surface area contributed by atoms with Gasteiger partial charge in [0.25, 0.3) is 0 Å². The summed E-state index contributed by atoms with van der Waals surface area (Å²) in [6.45, 7) is 0.325. The third-order valence-corrected chi connectivity index (χ3v) is 4.40. The predicted octanol–water partition coefficient (Wildman–Crippen LogP) is 3.99. The number of esters is 1. The van der Waals surface area contributed by atoms with E-state index in [9.17, 15) is 9.59 Å². The molecule has 2 aromatic rings. The van der Waals surface area contributed by atoms with E-state index in [4.69, 9.17) is 9.84 Å². The van der Waals surface area contributed by atoms with Crippen molar-refractivity contribution in [3.05, 3.63) is 59.7 Å². The number of carboxylic acid groups (broad SMARTS) is 1. The van der Waals surface area contributed by atoms with Crippen LogP contribution in [0.15, 0.2) is 48.5 Å². The van der Waals surface area contributed by atoms with Gasteiger partial charge in [0, 0.05) is 18.8 Å². The molecular formula is C20H20O4. The number of carbonyl (C=O) groups excluding carboxylic acids is 1. The molecule has 3 rings (SSSR count). The molecule has 0 bridgehead atoms. The Kier molecular flexibility index (Phi) is 4.94. The first-order chi connectivity index (χ1) is 11.7. The molecule has 24 heavy (non-hydrogen) atoms. The van der Waals surface area contributed by atoms with Gasteiger partial charge in [-0.1, -0.05) is 48.5 Å². The predicted molar refractivity (Wildman–Crippen MR) is 90.8 cm³/mol. The molecule has 4 nitrogen and oxygen atoms in total. The van der Waals surface area contributed by atoms with E-state index in [-0.39, 0.29) is 24.7 Å². The number of unbranched alkanes of at least 4 members (excludes halogenated alkanes) is 1. The lowest BCUT2D eigenvalue weighted by Crippen LogP contribution is -2.12. The topological polar surface area (TPSA) is 63.6 Å². The third-order valence-electron chi connectivity index (χ3n) is 4.40. The smallest absolute Gasteiger partial charge is 0.305 e. The quantitative estimate of drug-likeness (QED) is 0.618. The second kappa shape index (κ2) is 7.30. The van der Waals surface area contributed by atoms with Crippen LogP contribution < -0.4 is 0 Å². The van der Waals surface area contributed by atoms with Gasteiger partial charge in [-0.25, -0.2) is 0 Å². The highest BCUT2D eigenvalue weighted by molar-refractivity contribution is 5.79. The molecule has 1 aliphatic rings. The van der Waals surface area contributed by atoms with E-state index in [2.05, 4.69) is 24.3 Å². The fourth-order valence-electron chi connectivity index (χ4n) is 3.23. The Balaban J connectivity index is 1.61. The molecule has 0 saturated heterocycles. The van der Waals surface area contributed by atoms with Gasteiger partial charge in [0.2, 0.25) is 0 Å². The number of carbonyl (C=O) groups is 2. The molecule has 124 valence electrons. The summed E-state index contributed by atoms with van der Waals surface area (Å²) in [5, 5.41) is 8.60. The lowest BCUT2D eigenvalue weighted by atomic mass is 9.98. The second-order valence-electron chi connectivity index (χ2n) is 6.01. The van der Waals surface area contributed by atoms with Gasteiger partial charge in [-0.05, 0) is 35.1 Å². The molecule has 0 unspecified atom stereocenters. The van der Waals surface area contributed by atoms with Gasteiger partial charge in [-0.15, -0.1) is 0 Å². The number of aliphatic carboxylic acids is 1. The van der Waals surface area contributed by atoms with Crippen LogP contribution in [0.5, 0.6) is 0 Å². The molecule has 2 aromatic carbocycles. The summed E-state index contributed by atoms with van der Waals surface area (Å²) in [5.74, 6) is -1.02. The molecule has 4 heteroatoms. The van der Waals surface area contributed by atoms with E-state index >= 15 is 0 Å². The van der Waals surface area contributed by atoms with Crippen LogP contribution in [0.1, 0.15) is 42.7 Å². The van der Waals surface area contributed by atoms with Crippen LogP contribution in [-0.2, 0) is 14.3 Å². The number of fused-ring (bicyclic) bond motifs is 3. The first-order valence-corrected chi connectivity index (χ1v) is 8.22. The molecule has 0 aliphatic heterocycles. The Hall–Kier alpha value is -2.62. The summed E-state index contributed by atoms with van der Waals surface area (Å²) in [4.78, 5) is 22.4. The second-order valence-corrected chi connectivity index (χ2v) is 6.01. The van der Waals surface area contributed by atoms with Gasteiger partial charge >= 0.3 is 11.9 Å². The maximum atomic E-state index is 11.9. The third kappa shape index (κ3) is 3.48. The summed E-state index contributed by atoms with van der Waals surface area (Å²) < 4.78 is 5.46. The number of benzene rings is 2. The van der Waals surface area contributed by atoms with Crippen LogP contribution in [0.2, 0.25) is 0 Å². The summed E-state index contributed by atoms with van der Waals surface area (Å²) in [7, 11) is 0. The Bertz CT molecular complexity index is 705. The van der Waals surface area contributed by atoms with Crippen LogP contribution >= 0.6 is 0 Å². The first-order valence-electron chi connectivity index (χ1n) is 8.22. The monoisotopic (exact) mass is 324 g/mol. The summed E-state index contributed by atoms with van der Waals surface area (Å²) in [6, 6.07) is 16.4. The van der Waals surface area contributed by atoms with Crippen molar-refractivity contribution in [3.63, 3.8) is 0 Å². The Morgan fingerprint density at radius 2 is 1.42 bits per heavy atom. The molecule has 0 amide bonds. The summed E-state index contributed by atoms with van der Waals surface area (Å²) >= 11 is 0. The number of hydrogen-bond acceptors (Lipinski definition) is 3. The Labute approximate surface area is 141 Å². The van der Waals surface area contributed by atoms with Gasteiger partial charge in [-0.3, -0.25) is 9.59 Å². The highest BCUT2D eigenvalue weighted by Gasteiger charge is 2.28. The van der Waals surface area contributed by atoms with E-state index < -0.39 is 5.97 Å². The fraction of sp³-hybridized carbons (Fsp3) is 0.300. The van der Waals surface area contributed by atoms with Crippen LogP contribution in [-0.4, -0.2) is 23.7 Å². The van der Waals surface area contributed by atoms with Crippen LogP contribution in [0.25, 0.3) is 11.1 Å². The normalized spacial score (nSPS) is 12.5. The molecule has 0 radical (unpaired) electrons. The average Bonchev–Trinajstić information content (AvgIpc) is 2.91. The zero-order chi connectivity index (χ0) is 16.9. The minimum Gasteiger partial charge on any atom is -0.481 e. The highest BCUT2D eigenvalue weighted by atomic mass is 16.5. The molecular weight excluding hydrogens is 304 g/mol. The summed E-state index contributed by atoms with van der Waals surface area (Å²) in [5.41, 5.74) is 4.79. The SMILES string of the molecule is O=C(O)CCCCC(=O)OCC1c2ccccc2-c2ccccc21. The van der Waals surface area contributed by atoms with E-state index in [1.54, 1.807) is 0 Å². The van der Waals surface area contributed by atoms with Crippen molar-refractivity contribution in [2.75, 3.05) is 6.61 Å². The molecule has 0 atom stereocenters. The highest BCUT2D eigenvalue weighted by Crippen LogP contribution is 2.44. The molecule has 0 saturated carbocycles. The molecule has 0 spiro atoms. The molecule has 0 heterocycles. The minimum absolute atomic E-state index is 0.0698. The van der Waals surface area contributed by atoms with Crippen molar-refractivity contribution in [2.45, 2.75) is 31.6 Å². The van der Waals surface area contributed by atoms with Crippen molar-refractivity contribution in [1.82, 2.24) is 0 Å². The Morgan fingerprint density at radius 3 is 2.00 bits per heavy atom. The first kappa shape index (κ1) is 16.2. The average molecular weight is 324 g/mol. The lowest BCUT2D eigenvalue weighted by molar-refractivity contribution is -0.144. The van der Waals surface area contributed by atoms with Crippen LogP contribution in [0, 0.1) is 0 Å². The van der Waals surface area contributed by atoms with Gasteiger partial charge in [0.1, 0.15) is 6.61 Å². The fourth-order valence-corrected chi connectivity index (χ4v) is 3.23. The van der Waals surface area contributed by atoms with Crippen molar-refractivity contribution >= 4 is 11.9 Å². The standard InChI is InChI=1S/C20H20O4/c21-19(22)11-5-6-12-20(23)24-13-18-16-9-3-1-7-14(16)15-8-2-4-10-17(15)18/h1-4,7-10,18H,5-6,11-13H2,(H,21,22). The summed E-state index contributed by atoms with van der Waals surface area (Å²) in [6.07, 6.45) is 1.41. The zero-order valence-electron chi connectivity index (χ0n) is 13.4. The largest absolute Gasteiger partial charge is 0.481 e. The molecule has 0 aromatic heterocycles. The van der Waals surface area contributed by atoms with Gasteiger partial charge in [0.05, 0.1) is 0 Å². The van der Waals surface area contributed by atoms with Crippen molar-refractivity contribution < 1.29 is 19.4 Å². The number of ether oxygens (including phenoxy) is 1. The van der Waals surface area contributed by atoms with Gasteiger partial charge in [0.15, 0.2) is 0 Å². The maximum Gasteiger partial charge on any atom is 0.305 e. The minimum atomic E-state index is -0.831. The zero-order valence-corrected chi connectivity index (χ0v) is 13.4. The van der Waals surface area contributed by atoms with Crippen LogP contribution in [0.3, 0.4) is 0 Å². The maximum absolute atomic E-state index is 11.9. The van der Waals surface area contributed by atoms with E-state index in [0.717, 1.165) is 0 Å². The van der Waals surface area contributed by atoms with E-state index in [0.29, 0.717) is 19.4 Å². The van der Waals surface area contributed by atoms with E-state index in [1.807, 2.05) is 24.3 Å². The number of hydrogen-bond donors (Lipinski definition) is 1. The molecule has 1 N–H and O–H groups in total. The molecule has 1 aliphatic carbocycles.